The molecule has 2 nitrogen and oxygen atoms in total. The van der Waals surface area contributed by atoms with Crippen LogP contribution in [0.3, 0.4) is 0 Å². The van der Waals surface area contributed by atoms with Gasteiger partial charge in [-0.05, 0) is 0 Å². The van der Waals surface area contributed by atoms with E-state index in [1.54, 1.807) is 0 Å². The minimum atomic E-state index is -3.34. The largest absolute Gasteiger partial charge is 1.00 e. The number of hydrogen-bond donors (Lipinski definition) is 0. The quantitative estimate of drug-likeness (QED) is 0.298. The van der Waals surface area contributed by atoms with Crippen molar-refractivity contribution in [2.75, 3.05) is 27.5 Å². The molecule has 0 amide bonds. The lowest BCUT2D eigenvalue weighted by molar-refractivity contribution is -0.861. The molecule has 0 aromatic carbocycles. The van der Waals surface area contributed by atoms with E-state index in [9.17, 15) is 4.79 Å². The molecule has 0 saturated carbocycles. The smallest absolute Gasteiger partial charge is 0.174 e. The summed E-state index contributed by atoms with van der Waals surface area (Å²) in [4.78, 5) is 10.4. The molecule has 0 N–H and O–H groups in total. The van der Waals surface area contributed by atoms with Crippen molar-refractivity contribution in [3.05, 3.63) is 0 Å². The third-order valence-electron chi connectivity index (χ3n) is 0.348. The molecule has 0 fully saturated rings. The number of carbonyl (C=O) groups excluding carboxylic acids is 1. The van der Waals surface area contributed by atoms with E-state index in [1.807, 2.05) is 0 Å². The zero-order valence-corrected chi connectivity index (χ0v) is 4.77. The summed E-state index contributed by atoms with van der Waals surface area (Å²) in [5.41, 5.74) is 0. The summed E-state index contributed by atoms with van der Waals surface area (Å²) in [5.74, 6) is 0. The standard InChI is InChI=1S/C5H12NO.ClH/c1-6(2,3)4-5-7;/h5H,4H2,1-3H3;1H/q+1;/p-1/i1D3,2D3,3D3;. The molecule has 0 saturated heterocycles. The number of carbonyl (C=O) groups is 1. The van der Waals surface area contributed by atoms with E-state index in [2.05, 4.69) is 0 Å². The summed E-state index contributed by atoms with van der Waals surface area (Å²) >= 11 is 0. The second-order valence-corrected chi connectivity index (χ2v) is 1.16. The lowest BCUT2D eigenvalue weighted by atomic mass is 10.6. The van der Waals surface area contributed by atoms with Gasteiger partial charge in [-0.15, -0.1) is 0 Å². The van der Waals surface area contributed by atoms with E-state index in [1.165, 1.54) is 0 Å². The highest BCUT2D eigenvalue weighted by Crippen LogP contribution is 1.82. The maximum Gasteiger partial charge on any atom is 0.174 e. The Bertz CT molecular complexity index is 230. The van der Waals surface area contributed by atoms with E-state index >= 15 is 0 Å². The molecule has 0 unspecified atom stereocenters. The van der Waals surface area contributed by atoms with Crippen molar-refractivity contribution in [1.82, 2.24) is 0 Å². The van der Waals surface area contributed by atoms with Crippen molar-refractivity contribution < 1.29 is 34.0 Å². The van der Waals surface area contributed by atoms with Gasteiger partial charge in [0.25, 0.3) is 0 Å². The molecule has 8 heavy (non-hydrogen) atoms. The van der Waals surface area contributed by atoms with E-state index in [0.29, 0.717) is 0 Å². The predicted molar refractivity (Wildman–Crippen MR) is 29.0 cm³/mol. The average Bonchev–Trinajstić information content (AvgIpc) is 1.91. The second-order valence-electron chi connectivity index (χ2n) is 1.16. The van der Waals surface area contributed by atoms with Crippen molar-refractivity contribution in [1.29, 1.82) is 0 Å². The minimum absolute atomic E-state index is 0. The van der Waals surface area contributed by atoms with E-state index < -0.39 is 32.0 Å². The van der Waals surface area contributed by atoms with Crippen LogP contribution in [0.15, 0.2) is 0 Å². The van der Waals surface area contributed by atoms with Gasteiger partial charge in [-0.3, -0.25) is 4.79 Å². The van der Waals surface area contributed by atoms with Crippen LogP contribution >= 0.6 is 0 Å². The van der Waals surface area contributed by atoms with Crippen LogP contribution in [0.5, 0.6) is 0 Å². The fraction of sp³-hybridized carbons (Fsp3) is 0.800. The summed E-state index contributed by atoms with van der Waals surface area (Å²) < 4.78 is 61.5. The first-order valence-corrected chi connectivity index (χ1v) is 1.63. The maximum atomic E-state index is 10.4. The number of hydrogen-bond acceptors (Lipinski definition) is 1. The molecule has 3 heteroatoms. The zero-order valence-electron chi connectivity index (χ0n) is 13.0. The van der Waals surface area contributed by atoms with Crippen LogP contribution < -0.4 is 12.4 Å². The molecule has 0 atom stereocenters. The summed E-state index contributed by atoms with van der Waals surface area (Å²) in [6.45, 7) is -11.1. The van der Waals surface area contributed by atoms with Crippen LogP contribution in [0.25, 0.3) is 0 Å². The first-order chi connectivity index (χ1) is 6.81. The third-order valence-corrected chi connectivity index (χ3v) is 0.348. The molecule has 0 radical (unpaired) electrons. The summed E-state index contributed by atoms with van der Waals surface area (Å²) in [6.07, 6.45) is -0.00882. The first-order valence-electron chi connectivity index (χ1n) is 6.13. The minimum Gasteiger partial charge on any atom is -1.00 e. The maximum absolute atomic E-state index is 10.4. The Labute approximate surface area is 69.1 Å². The van der Waals surface area contributed by atoms with Crippen LogP contribution in [-0.2, 0) is 4.79 Å². The highest BCUT2D eigenvalue weighted by Gasteiger charge is 2.01. The van der Waals surface area contributed by atoms with Gasteiger partial charge in [-0.2, -0.15) is 0 Å². The number of rotatable bonds is 2. The highest BCUT2D eigenvalue weighted by molar-refractivity contribution is 5.50. The molecule has 50 valence electrons. The van der Waals surface area contributed by atoms with Crippen molar-refractivity contribution in [2.45, 2.75) is 0 Å². The topological polar surface area (TPSA) is 17.1 Å². The molecule has 0 aliphatic heterocycles. The molecule has 0 bridgehead atoms. The van der Waals surface area contributed by atoms with Gasteiger partial charge < -0.3 is 16.9 Å². The van der Waals surface area contributed by atoms with Crippen molar-refractivity contribution in [2.24, 2.45) is 0 Å². The Morgan fingerprint density at radius 2 is 2.12 bits per heavy atom. The molecule has 0 aliphatic rings. The van der Waals surface area contributed by atoms with Gasteiger partial charge in [0.05, 0.1) is 33.3 Å². The molecule has 0 aromatic rings. The SMILES string of the molecule is [2H]C([2H])([2H])[N+](CC=O)(C([2H])([2H])[2H])C([2H])([2H])[2H].[Cl-]. The fourth-order valence-electron chi connectivity index (χ4n) is 0.112. The Balaban J connectivity index is 0. The Morgan fingerprint density at radius 1 is 1.62 bits per heavy atom. The Morgan fingerprint density at radius 3 is 2.25 bits per heavy atom. The molecule has 0 rings (SSSR count). The lowest BCUT2D eigenvalue weighted by Crippen LogP contribution is -3.00. The zero-order chi connectivity index (χ0) is 13.4. The number of likely N-dealkylation sites (N-methyl/N-ethyl adjacent to an activating group) is 1. The van der Waals surface area contributed by atoms with Gasteiger partial charge in [0.1, 0.15) is 6.54 Å². The predicted octanol–water partition coefficient (Wildman–Crippen LogP) is -3.10. The molecule has 0 aliphatic carbocycles. The van der Waals surface area contributed by atoms with E-state index in [0.717, 1.165) is 0 Å². The van der Waals surface area contributed by atoms with Crippen molar-refractivity contribution >= 4 is 6.29 Å². The van der Waals surface area contributed by atoms with Crippen LogP contribution in [0, 0.1) is 0 Å². The van der Waals surface area contributed by atoms with Gasteiger partial charge >= 0.3 is 0 Å². The van der Waals surface area contributed by atoms with Gasteiger partial charge in [-0.25, -0.2) is 0 Å². The van der Waals surface area contributed by atoms with Crippen LogP contribution in [0.4, 0.5) is 0 Å². The van der Waals surface area contributed by atoms with Gasteiger partial charge in [0, 0.05) is 0 Å². The third kappa shape index (κ3) is 9.33. The molecule has 0 heterocycles. The van der Waals surface area contributed by atoms with Crippen LogP contribution in [-0.4, -0.2) is 38.2 Å². The summed E-state index contributed by atoms with van der Waals surface area (Å²) in [7, 11) is 0. The van der Waals surface area contributed by atoms with Crippen LogP contribution in [0.1, 0.15) is 12.3 Å². The molecular weight excluding hydrogens is 126 g/mol. The van der Waals surface area contributed by atoms with Crippen LogP contribution in [0.2, 0.25) is 0 Å². The Hall–Kier alpha value is -0.0800. The van der Waals surface area contributed by atoms with E-state index in [-0.39, 0.29) is 18.7 Å². The summed E-state index contributed by atoms with van der Waals surface area (Å²) in [5, 5.41) is 0. The first kappa shape index (κ1) is 1.70. The second kappa shape index (κ2) is 3.87. The average molecular weight is 147 g/mol. The number of nitrogens with zero attached hydrogens (tertiary/aromatic N) is 1. The number of aldehydes is 1. The molecule has 0 aromatic heterocycles. The van der Waals surface area contributed by atoms with E-state index in [4.69, 9.17) is 12.3 Å². The normalized spacial score (nSPS) is 31.2. The van der Waals surface area contributed by atoms with Crippen molar-refractivity contribution in [3.63, 3.8) is 0 Å². The molecular formula is C5H12ClNO. The number of halogens is 1. The van der Waals surface area contributed by atoms with Gasteiger partial charge in [-0.1, -0.05) is 0 Å². The number of quaternary nitrogens is 1. The van der Waals surface area contributed by atoms with Gasteiger partial charge in [0.15, 0.2) is 6.29 Å². The highest BCUT2D eigenvalue weighted by atomic mass is 35.5. The Kier molecular flexibility index (Phi) is 0.823. The monoisotopic (exact) mass is 146 g/mol. The summed E-state index contributed by atoms with van der Waals surface area (Å²) in [6, 6.07) is 0. The fourth-order valence-corrected chi connectivity index (χ4v) is 0.112. The van der Waals surface area contributed by atoms with Crippen molar-refractivity contribution in [3.8, 4) is 0 Å². The molecule has 0 spiro atoms. The lowest BCUT2D eigenvalue weighted by Gasteiger charge is -2.19. The van der Waals surface area contributed by atoms with Gasteiger partial charge in [0.2, 0.25) is 0 Å².